The Hall–Kier alpha value is -1.05. The van der Waals surface area contributed by atoms with Gasteiger partial charge in [0.2, 0.25) is 5.76 Å². The zero-order chi connectivity index (χ0) is 10.2. The lowest BCUT2D eigenvalue weighted by Gasteiger charge is -1.91. The van der Waals surface area contributed by atoms with Crippen LogP contribution in [0.5, 0.6) is 0 Å². The average Bonchev–Trinajstić information content (AvgIpc) is 2.29. The van der Waals surface area contributed by atoms with Crippen LogP contribution in [0.1, 0.15) is 10.6 Å². The summed E-state index contributed by atoms with van der Waals surface area (Å²) in [6.45, 7) is 0. The number of halogens is 1. The molecule has 6 nitrogen and oxygen atoms in total. The van der Waals surface area contributed by atoms with Crippen molar-refractivity contribution in [2.45, 2.75) is 4.90 Å². The summed E-state index contributed by atoms with van der Waals surface area (Å²) in [6.07, 6.45) is 0. The number of hydrogen-bond acceptors (Lipinski definition) is 4. The molecule has 0 unspecified atom stereocenters. The Morgan fingerprint density at radius 3 is 2.38 bits per heavy atom. The van der Waals surface area contributed by atoms with E-state index in [2.05, 4.69) is 4.42 Å². The summed E-state index contributed by atoms with van der Waals surface area (Å²) < 4.78 is 33.9. The summed E-state index contributed by atoms with van der Waals surface area (Å²) in [5, 5.41) is 7.99. The van der Waals surface area contributed by atoms with E-state index in [4.69, 9.17) is 21.3 Å². The van der Waals surface area contributed by atoms with Crippen molar-refractivity contribution in [2.24, 2.45) is 0 Å². The Labute approximate surface area is 77.5 Å². The van der Waals surface area contributed by atoms with Crippen molar-refractivity contribution in [1.82, 2.24) is 0 Å². The average molecular weight is 227 g/mol. The van der Waals surface area contributed by atoms with E-state index in [0.29, 0.717) is 6.07 Å². The molecule has 0 bridgehead atoms. The first-order valence-electron chi connectivity index (χ1n) is 2.82. The zero-order valence-corrected chi connectivity index (χ0v) is 7.46. The zero-order valence-electron chi connectivity index (χ0n) is 5.89. The molecule has 0 fully saturated rings. The lowest BCUT2D eigenvalue weighted by molar-refractivity contribution is 0.0656. The molecule has 8 heteroatoms. The number of carboxylic acid groups (broad SMARTS) is 1. The fourth-order valence-electron chi connectivity index (χ4n) is 0.687. The Kier molecular flexibility index (Phi) is 2.33. The largest absolute Gasteiger partial charge is 0.475 e. The van der Waals surface area contributed by atoms with Crippen molar-refractivity contribution in [3.63, 3.8) is 0 Å². The highest BCUT2D eigenvalue weighted by atomic mass is 35.5. The Balaban J connectivity index is 3.46. The molecule has 2 N–H and O–H groups in total. The highest BCUT2D eigenvalue weighted by Crippen LogP contribution is 2.23. The van der Waals surface area contributed by atoms with E-state index < -0.39 is 32.0 Å². The number of carbonyl (C=O) groups is 1. The number of rotatable bonds is 2. The smallest absolute Gasteiger partial charge is 0.373 e. The highest BCUT2D eigenvalue weighted by molar-refractivity contribution is 7.86. The molecular formula is C5H3ClO6S. The highest BCUT2D eigenvalue weighted by Gasteiger charge is 2.25. The maximum atomic E-state index is 10.5. The van der Waals surface area contributed by atoms with Crippen LogP contribution in [-0.4, -0.2) is 24.0 Å². The van der Waals surface area contributed by atoms with E-state index in [-0.39, 0.29) is 0 Å². The second kappa shape index (κ2) is 3.02. The molecule has 0 amide bonds. The van der Waals surface area contributed by atoms with Crippen LogP contribution >= 0.6 is 11.6 Å². The third kappa shape index (κ3) is 2.00. The lowest BCUT2D eigenvalue weighted by atomic mass is 10.5. The number of carboxylic acids is 1. The SMILES string of the molecule is O=C(O)c1oc(Cl)cc1S(=O)(=O)O. The first-order valence-corrected chi connectivity index (χ1v) is 4.64. The summed E-state index contributed by atoms with van der Waals surface area (Å²) in [4.78, 5) is 9.50. The molecule has 0 saturated heterocycles. The van der Waals surface area contributed by atoms with Crippen LogP contribution in [0, 0.1) is 0 Å². The second-order valence-electron chi connectivity index (χ2n) is 2.02. The predicted molar refractivity (Wildman–Crippen MR) is 40.5 cm³/mol. The van der Waals surface area contributed by atoms with Gasteiger partial charge in [0.25, 0.3) is 10.1 Å². The molecule has 1 heterocycles. The number of aromatic carboxylic acids is 1. The van der Waals surface area contributed by atoms with Gasteiger partial charge in [-0.15, -0.1) is 0 Å². The summed E-state index contributed by atoms with van der Waals surface area (Å²) >= 11 is 5.21. The molecule has 0 saturated carbocycles. The summed E-state index contributed by atoms with van der Waals surface area (Å²) in [7, 11) is -4.62. The topological polar surface area (TPSA) is 105 Å². The lowest BCUT2D eigenvalue weighted by Crippen LogP contribution is -2.04. The molecular weight excluding hydrogens is 224 g/mol. The van der Waals surface area contributed by atoms with Gasteiger partial charge in [-0.05, 0) is 11.6 Å². The molecule has 1 aromatic heterocycles. The van der Waals surface area contributed by atoms with Gasteiger partial charge in [-0.3, -0.25) is 4.55 Å². The van der Waals surface area contributed by atoms with Crippen molar-refractivity contribution in [3.8, 4) is 0 Å². The van der Waals surface area contributed by atoms with Gasteiger partial charge < -0.3 is 9.52 Å². The van der Waals surface area contributed by atoms with Gasteiger partial charge in [-0.25, -0.2) is 4.79 Å². The van der Waals surface area contributed by atoms with Crippen LogP contribution in [0.15, 0.2) is 15.4 Å². The van der Waals surface area contributed by atoms with E-state index in [1.54, 1.807) is 0 Å². The Morgan fingerprint density at radius 1 is 1.54 bits per heavy atom. The molecule has 0 radical (unpaired) electrons. The molecule has 72 valence electrons. The van der Waals surface area contributed by atoms with Gasteiger partial charge in [-0.1, -0.05) is 0 Å². The van der Waals surface area contributed by atoms with E-state index >= 15 is 0 Å². The fourth-order valence-corrected chi connectivity index (χ4v) is 1.56. The molecule has 0 aliphatic rings. The van der Waals surface area contributed by atoms with Crippen LogP contribution in [0.3, 0.4) is 0 Å². The number of furan rings is 1. The molecule has 0 aromatic carbocycles. The van der Waals surface area contributed by atoms with Crippen molar-refractivity contribution in [3.05, 3.63) is 17.0 Å². The monoisotopic (exact) mass is 226 g/mol. The van der Waals surface area contributed by atoms with E-state index in [1.165, 1.54) is 0 Å². The maximum Gasteiger partial charge on any atom is 0.373 e. The summed E-state index contributed by atoms with van der Waals surface area (Å²) in [5.74, 6) is -2.54. The van der Waals surface area contributed by atoms with E-state index in [1.807, 2.05) is 0 Å². The first kappa shape index (κ1) is 10.0. The number of hydrogen-bond donors (Lipinski definition) is 2. The first-order chi connectivity index (χ1) is 5.82. The van der Waals surface area contributed by atoms with Crippen LogP contribution < -0.4 is 0 Å². The third-order valence-electron chi connectivity index (χ3n) is 1.14. The van der Waals surface area contributed by atoms with E-state index in [9.17, 15) is 13.2 Å². The van der Waals surface area contributed by atoms with Crippen molar-refractivity contribution < 1.29 is 27.3 Å². The molecule has 0 aliphatic heterocycles. The molecule has 13 heavy (non-hydrogen) atoms. The molecule has 0 atom stereocenters. The van der Waals surface area contributed by atoms with Crippen molar-refractivity contribution in [2.75, 3.05) is 0 Å². The van der Waals surface area contributed by atoms with Crippen molar-refractivity contribution in [1.29, 1.82) is 0 Å². The normalized spacial score (nSPS) is 11.5. The predicted octanol–water partition coefficient (Wildman–Crippen LogP) is 0.878. The van der Waals surface area contributed by atoms with Gasteiger partial charge in [0.05, 0.1) is 0 Å². The molecule has 0 spiro atoms. The minimum absolute atomic E-state index is 0.426. The Bertz CT molecular complexity index is 444. The molecule has 1 rings (SSSR count). The minimum atomic E-state index is -4.62. The van der Waals surface area contributed by atoms with Gasteiger partial charge in [0.1, 0.15) is 4.90 Å². The van der Waals surface area contributed by atoms with Crippen LogP contribution in [0.4, 0.5) is 0 Å². The summed E-state index contributed by atoms with van der Waals surface area (Å²) in [6, 6.07) is 0.709. The fraction of sp³-hybridized carbons (Fsp3) is 0. The van der Waals surface area contributed by atoms with Crippen LogP contribution in [-0.2, 0) is 10.1 Å². The standard InChI is InChI=1S/C5H3ClO6S/c6-3-1-2(13(9,10)11)4(12-3)5(7)8/h1H,(H,7,8)(H,9,10,11). The van der Waals surface area contributed by atoms with Gasteiger partial charge >= 0.3 is 5.97 Å². The van der Waals surface area contributed by atoms with Gasteiger partial charge in [0.15, 0.2) is 5.22 Å². The molecule has 1 aromatic rings. The minimum Gasteiger partial charge on any atom is -0.475 e. The van der Waals surface area contributed by atoms with Crippen LogP contribution in [0.25, 0.3) is 0 Å². The van der Waals surface area contributed by atoms with Gasteiger partial charge in [0, 0.05) is 6.07 Å². The second-order valence-corrected chi connectivity index (χ2v) is 3.79. The van der Waals surface area contributed by atoms with Gasteiger partial charge in [-0.2, -0.15) is 8.42 Å². The Morgan fingerprint density at radius 2 is 2.08 bits per heavy atom. The quantitative estimate of drug-likeness (QED) is 0.725. The maximum absolute atomic E-state index is 10.5. The summed E-state index contributed by atoms with van der Waals surface area (Å²) in [5.41, 5.74) is 0. The third-order valence-corrected chi connectivity index (χ3v) is 2.19. The molecule has 0 aliphatic carbocycles. The van der Waals surface area contributed by atoms with E-state index in [0.717, 1.165) is 0 Å². The van der Waals surface area contributed by atoms with Crippen molar-refractivity contribution >= 4 is 27.7 Å². The van der Waals surface area contributed by atoms with Crippen LogP contribution in [0.2, 0.25) is 5.22 Å².